The molecule has 2 atom stereocenters. The number of aryl methyl sites for hydroxylation is 1. The van der Waals surface area contributed by atoms with Crippen molar-refractivity contribution in [3.63, 3.8) is 0 Å². The molecule has 2 aliphatic rings. The van der Waals surface area contributed by atoms with Crippen molar-refractivity contribution in [3.05, 3.63) is 71.4 Å². The van der Waals surface area contributed by atoms with E-state index in [1.165, 1.54) is 10.9 Å². The van der Waals surface area contributed by atoms with E-state index in [1.807, 2.05) is 24.3 Å². The van der Waals surface area contributed by atoms with E-state index < -0.39 is 24.0 Å². The fourth-order valence-corrected chi connectivity index (χ4v) is 5.19. The Kier molecular flexibility index (Phi) is 5.98. The Balaban J connectivity index is 1.22. The summed E-state index contributed by atoms with van der Waals surface area (Å²) in [6.07, 6.45) is 2.62. The smallest absolute Gasteiger partial charge is 0.407 e. The van der Waals surface area contributed by atoms with Crippen LogP contribution in [0.3, 0.4) is 0 Å². The molecule has 5 rings (SSSR count). The topological polar surface area (TPSA) is 123 Å². The molecule has 180 valence electrons. The molecule has 3 N–H and O–H groups in total. The highest BCUT2D eigenvalue weighted by Gasteiger charge is 2.36. The minimum Gasteiger partial charge on any atom is -0.477 e. The van der Waals surface area contributed by atoms with E-state index >= 15 is 0 Å². The maximum Gasteiger partial charge on any atom is 0.407 e. The third kappa shape index (κ3) is 4.25. The van der Waals surface area contributed by atoms with E-state index in [0.717, 1.165) is 28.7 Å². The number of carbonyl (C=O) groups excluding carboxylic acids is 2. The summed E-state index contributed by atoms with van der Waals surface area (Å²) in [5.74, 6) is -1.94. The number of nitrogens with zero attached hydrogens (tertiary/aromatic N) is 2. The SMILES string of the molecule is Cn1ncc(C(=O)O)c1NC(=O)C1CCCC1NC(=O)OCC1c2ccccc2-c2ccccc21. The van der Waals surface area contributed by atoms with Crippen LogP contribution in [0.2, 0.25) is 0 Å². The zero-order valence-corrected chi connectivity index (χ0v) is 19.2. The average Bonchev–Trinajstić information content (AvgIpc) is 3.54. The maximum atomic E-state index is 12.9. The summed E-state index contributed by atoms with van der Waals surface area (Å²) in [5, 5.41) is 18.8. The second-order valence-corrected chi connectivity index (χ2v) is 8.94. The van der Waals surface area contributed by atoms with E-state index in [9.17, 15) is 19.5 Å². The lowest BCUT2D eigenvalue weighted by Crippen LogP contribution is -2.42. The Morgan fingerprint density at radius 2 is 1.71 bits per heavy atom. The van der Waals surface area contributed by atoms with Gasteiger partial charge in [0.1, 0.15) is 18.0 Å². The first-order chi connectivity index (χ1) is 16.9. The Morgan fingerprint density at radius 1 is 1.06 bits per heavy atom. The number of nitrogens with one attached hydrogen (secondary N) is 2. The van der Waals surface area contributed by atoms with Crippen molar-refractivity contribution in [2.45, 2.75) is 31.2 Å². The molecule has 3 aromatic rings. The fraction of sp³-hybridized carbons (Fsp3) is 0.308. The molecule has 0 bridgehead atoms. The number of carboxylic acids is 1. The highest BCUT2D eigenvalue weighted by molar-refractivity contribution is 6.00. The molecule has 0 saturated heterocycles. The molecule has 2 amide bonds. The number of amides is 2. The average molecular weight is 475 g/mol. The van der Waals surface area contributed by atoms with Crippen LogP contribution < -0.4 is 10.6 Å². The van der Waals surface area contributed by atoms with Crippen LogP contribution in [0.25, 0.3) is 11.1 Å². The van der Waals surface area contributed by atoms with Crippen LogP contribution >= 0.6 is 0 Å². The van der Waals surface area contributed by atoms with Gasteiger partial charge in [-0.15, -0.1) is 0 Å². The molecule has 1 heterocycles. The summed E-state index contributed by atoms with van der Waals surface area (Å²) >= 11 is 0. The van der Waals surface area contributed by atoms with Crippen molar-refractivity contribution >= 4 is 23.8 Å². The lowest BCUT2D eigenvalue weighted by atomic mass is 9.98. The van der Waals surface area contributed by atoms with Crippen LogP contribution in [-0.4, -0.2) is 45.5 Å². The second kappa shape index (κ2) is 9.25. The molecule has 0 aliphatic heterocycles. The summed E-state index contributed by atoms with van der Waals surface area (Å²) < 4.78 is 6.94. The first-order valence-corrected chi connectivity index (χ1v) is 11.6. The van der Waals surface area contributed by atoms with E-state index in [2.05, 4.69) is 40.0 Å². The van der Waals surface area contributed by atoms with Gasteiger partial charge in [0.05, 0.1) is 12.1 Å². The highest BCUT2D eigenvalue weighted by Crippen LogP contribution is 2.44. The quantitative estimate of drug-likeness (QED) is 0.500. The molecule has 2 aromatic carbocycles. The van der Waals surface area contributed by atoms with Crippen molar-refractivity contribution in [1.82, 2.24) is 15.1 Å². The number of hydrogen-bond donors (Lipinski definition) is 3. The van der Waals surface area contributed by atoms with Gasteiger partial charge >= 0.3 is 12.1 Å². The highest BCUT2D eigenvalue weighted by atomic mass is 16.5. The van der Waals surface area contributed by atoms with Crippen LogP contribution in [0.5, 0.6) is 0 Å². The summed E-state index contributed by atoms with van der Waals surface area (Å²) in [4.78, 5) is 37.0. The van der Waals surface area contributed by atoms with Crippen LogP contribution in [0.1, 0.15) is 46.7 Å². The van der Waals surface area contributed by atoms with Crippen LogP contribution in [-0.2, 0) is 16.6 Å². The predicted octanol–water partition coefficient (Wildman–Crippen LogP) is 3.76. The van der Waals surface area contributed by atoms with Crippen molar-refractivity contribution in [2.75, 3.05) is 11.9 Å². The van der Waals surface area contributed by atoms with E-state index in [1.54, 1.807) is 7.05 Å². The largest absolute Gasteiger partial charge is 0.477 e. The Bertz CT molecular complexity index is 1250. The van der Waals surface area contributed by atoms with Crippen LogP contribution in [0, 0.1) is 5.92 Å². The number of anilines is 1. The molecule has 9 nitrogen and oxygen atoms in total. The molecule has 2 aliphatic carbocycles. The van der Waals surface area contributed by atoms with Crippen molar-refractivity contribution < 1.29 is 24.2 Å². The van der Waals surface area contributed by atoms with Gasteiger partial charge in [-0.25, -0.2) is 9.59 Å². The number of fused-ring (bicyclic) bond motifs is 3. The van der Waals surface area contributed by atoms with Gasteiger partial charge < -0.3 is 20.5 Å². The molecule has 9 heteroatoms. The number of ether oxygens (including phenoxy) is 1. The Labute approximate surface area is 202 Å². The summed E-state index contributed by atoms with van der Waals surface area (Å²) in [6, 6.07) is 15.8. The van der Waals surface area contributed by atoms with Gasteiger partial charge in [0.15, 0.2) is 0 Å². The van der Waals surface area contributed by atoms with Crippen LogP contribution in [0.15, 0.2) is 54.7 Å². The standard InChI is InChI=1S/C26H26N4O5/c1-30-23(20(13-27-30)25(32)33)29-24(31)19-11-6-12-22(19)28-26(34)35-14-21-17-9-4-2-7-15(17)16-8-3-5-10-18(16)21/h2-5,7-10,13,19,21-22H,6,11-12,14H2,1H3,(H,28,34)(H,29,31)(H,32,33). The number of benzene rings is 2. The molecule has 1 aromatic heterocycles. The van der Waals surface area contributed by atoms with E-state index in [0.29, 0.717) is 12.8 Å². The first kappa shape index (κ1) is 22.6. The number of rotatable bonds is 6. The summed E-state index contributed by atoms with van der Waals surface area (Å²) in [6.45, 7) is 0.195. The second-order valence-electron chi connectivity index (χ2n) is 8.94. The minimum atomic E-state index is -1.17. The number of aromatic nitrogens is 2. The Morgan fingerprint density at radius 3 is 2.37 bits per heavy atom. The minimum absolute atomic E-state index is 0.0462. The molecule has 1 fully saturated rings. The normalized spacial score (nSPS) is 18.5. The van der Waals surface area contributed by atoms with Gasteiger partial charge in [0.25, 0.3) is 0 Å². The number of aromatic carboxylic acids is 1. The number of alkyl carbamates (subject to hydrolysis) is 1. The van der Waals surface area contributed by atoms with Gasteiger partial charge in [-0.2, -0.15) is 5.10 Å². The summed E-state index contributed by atoms with van der Waals surface area (Å²) in [5.41, 5.74) is 4.48. The molecule has 2 unspecified atom stereocenters. The van der Waals surface area contributed by atoms with Gasteiger partial charge in [0.2, 0.25) is 5.91 Å². The Hall–Kier alpha value is -4.14. The maximum absolute atomic E-state index is 12.9. The molecular formula is C26H26N4O5. The molecule has 0 radical (unpaired) electrons. The van der Waals surface area contributed by atoms with Gasteiger partial charge in [-0.3, -0.25) is 9.48 Å². The third-order valence-corrected chi connectivity index (χ3v) is 6.91. The molecule has 35 heavy (non-hydrogen) atoms. The predicted molar refractivity (Wildman–Crippen MR) is 128 cm³/mol. The lowest BCUT2D eigenvalue weighted by Gasteiger charge is -2.21. The summed E-state index contributed by atoms with van der Waals surface area (Å²) in [7, 11) is 1.56. The van der Waals surface area contributed by atoms with Crippen LogP contribution in [0.4, 0.5) is 10.6 Å². The number of carboxylic acid groups (broad SMARTS) is 1. The van der Waals surface area contributed by atoms with Gasteiger partial charge in [-0.05, 0) is 35.1 Å². The monoisotopic (exact) mass is 474 g/mol. The van der Waals surface area contributed by atoms with Crippen molar-refractivity contribution in [2.24, 2.45) is 13.0 Å². The lowest BCUT2D eigenvalue weighted by molar-refractivity contribution is -0.120. The third-order valence-electron chi connectivity index (χ3n) is 6.91. The van der Waals surface area contributed by atoms with Crippen molar-refractivity contribution in [1.29, 1.82) is 0 Å². The first-order valence-electron chi connectivity index (χ1n) is 11.6. The molecule has 0 spiro atoms. The number of carbonyl (C=O) groups is 3. The fourth-order valence-electron chi connectivity index (χ4n) is 5.19. The number of hydrogen-bond acceptors (Lipinski definition) is 5. The zero-order valence-electron chi connectivity index (χ0n) is 19.2. The van der Waals surface area contributed by atoms with E-state index in [-0.39, 0.29) is 29.8 Å². The van der Waals surface area contributed by atoms with Crippen molar-refractivity contribution in [3.8, 4) is 11.1 Å². The zero-order chi connectivity index (χ0) is 24.5. The van der Waals surface area contributed by atoms with Gasteiger partial charge in [0, 0.05) is 19.0 Å². The van der Waals surface area contributed by atoms with E-state index in [4.69, 9.17) is 4.74 Å². The van der Waals surface area contributed by atoms with Gasteiger partial charge in [-0.1, -0.05) is 55.0 Å². The molecular weight excluding hydrogens is 448 g/mol. The molecule has 1 saturated carbocycles.